The summed E-state index contributed by atoms with van der Waals surface area (Å²) < 4.78 is 12.8. The number of aryl methyl sites for hydroxylation is 2. The molecule has 11 nitrogen and oxygen atoms in total. The normalized spacial score (nSPS) is 16.1. The Morgan fingerprint density at radius 3 is 2.79 bits per heavy atom. The quantitative estimate of drug-likeness (QED) is 0.637. The molecule has 5 heterocycles. The zero-order valence-corrected chi connectivity index (χ0v) is 18.3. The number of urea groups is 2. The van der Waals surface area contributed by atoms with Gasteiger partial charge < -0.3 is 14.4 Å². The number of imide groups is 1. The van der Waals surface area contributed by atoms with Gasteiger partial charge in [-0.15, -0.1) is 0 Å². The highest BCUT2D eigenvalue weighted by Crippen LogP contribution is 2.28. The van der Waals surface area contributed by atoms with Crippen molar-refractivity contribution in [1.82, 2.24) is 29.5 Å². The summed E-state index contributed by atoms with van der Waals surface area (Å²) in [5.41, 5.74) is 2.22. The lowest BCUT2D eigenvalue weighted by molar-refractivity contribution is -0.0439. The van der Waals surface area contributed by atoms with E-state index in [4.69, 9.17) is 9.47 Å². The lowest BCUT2D eigenvalue weighted by Gasteiger charge is -2.33. The Morgan fingerprint density at radius 1 is 1.24 bits per heavy atom. The highest BCUT2D eigenvalue weighted by Gasteiger charge is 2.39. The molecule has 2 aliphatic heterocycles. The third-order valence-corrected chi connectivity index (χ3v) is 5.58. The number of nitrogens with zero attached hydrogens (tertiary/aromatic N) is 6. The number of anilines is 1. The first kappa shape index (κ1) is 20.9. The maximum atomic E-state index is 12.6. The first-order valence-corrected chi connectivity index (χ1v) is 10.6. The van der Waals surface area contributed by atoms with Crippen molar-refractivity contribution in [1.29, 1.82) is 0 Å². The maximum Gasteiger partial charge on any atom is 0.331 e. The van der Waals surface area contributed by atoms with Gasteiger partial charge in [-0.25, -0.2) is 19.5 Å². The van der Waals surface area contributed by atoms with Crippen LogP contribution >= 0.6 is 0 Å². The number of aromatic nitrogens is 4. The van der Waals surface area contributed by atoms with Crippen molar-refractivity contribution in [3.8, 4) is 22.8 Å². The minimum atomic E-state index is -0.501. The Labute approximate surface area is 189 Å². The predicted molar refractivity (Wildman–Crippen MR) is 118 cm³/mol. The molecular formula is C22H23N7O4. The van der Waals surface area contributed by atoms with Crippen LogP contribution in [0.3, 0.4) is 0 Å². The minimum absolute atomic E-state index is 0.0546. The van der Waals surface area contributed by atoms with Crippen molar-refractivity contribution in [2.24, 2.45) is 7.05 Å². The number of rotatable bonds is 5. The Kier molecular flexibility index (Phi) is 5.38. The van der Waals surface area contributed by atoms with Crippen molar-refractivity contribution >= 4 is 17.9 Å². The van der Waals surface area contributed by atoms with E-state index in [2.05, 4.69) is 20.4 Å². The van der Waals surface area contributed by atoms with E-state index < -0.39 is 6.03 Å². The number of ether oxygens (including phenoxy) is 2. The summed E-state index contributed by atoms with van der Waals surface area (Å²) in [6.07, 6.45) is 5.28. The summed E-state index contributed by atoms with van der Waals surface area (Å²) in [5.74, 6) is 1.49. The van der Waals surface area contributed by atoms with Gasteiger partial charge in [-0.2, -0.15) is 5.10 Å². The molecule has 0 bridgehead atoms. The van der Waals surface area contributed by atoms with E-state index in [1.165, 1.54) is 4.90 Å². The average Bonchev–Trinajstić information content (AvgIpc) is 3.35. The van der Waals surface area contributed by atoms with Crippen LogP contribution in [-0.2, 0) is 11.8 Å². The fourth-order valence-corrected chi connectivity index (χ4v) is 3.70. The number of hydrogen-bond acceptors (Lipinski definition) is 7. The summed E-state index contributed by atoms with van der Waals surface area (Å²) >= 11 is 0. The zero-order chi connectivity index (χ0) is 22.9. The van der Waals surface area contributed by atoms with Crippen molar-refractivity contribution in [3.05, 3.63) is 48.5 Å². The third kappa shape index (κ3) is 4.22. The van der Waals surface area contributed by atoms with E-state index in [-0.39, 0.29) is 12.1 Å². The van der Waals surface area contributed by atoms with Crippen molar-refractivity contribution in [2.75, 3.05) is 31.6 Å². The Balaban J connectivity index is 1.24. The number of amides is 4. The van der Waals surface area contributed by atoms with Gasteiger partial charge in [-0.1, -0.05) is 0 Å². The molecule has 0 saturated carbocycles. The predicted octanol–water partition coefficient (Wildman–Crippen LogP) is 2.65. The number of hydrogen-bond donors (Lipinski definition) is 1. The van der Waals surface area contributed by atoms with Gasteiger partial charge in [-0.05, 0) is 25.1 Å². The first-order chi connectivity index (χ1) is 16.0. The van der Waals surface area contributed by atoms with Gasteiger partial charge in [0.05, 0.1) is 36.8 Å². The average molecular weight is 449 g/mol. The van der Waals surface area contributed by atoms with Crippen LogP contribution in [0.15, 0.2) is 42.9 Å². The Bertz CT molecular complexity index is 1210. The molecule has 3 aromatic heterocycles. The Morgan fingerprint density at radius 2 is 2.09 bits per heavy atom. The van der Waals surface area contributed by atoms with E-state index in [1.807, 2.05) is 19.3 Å². The molecule has 0 unspecified atom stereocenters. The smallest absolute Gasteiger partial charge is 0.331 e. The number of carbonyl (C=O) groups is 2. The van der Waals surface area contributed by atoms with Crippen LogP contribution in [0.4, 0.5) is 15.4 Å². The molecule has 5 rings (SSSR count). The largest absolute Gasteiger partial charge is 0.455 e. The Hall–Kier alpha value is -3.99. The van der Waals surface area contributed by atoms with Gasteiger partial charge in [0.2, 0.25) is 0 Å². The molecule has 3 aromatic rings. The molecule has 0 spiro atoms. The summed E-state index contributed by atoms with van der Waals surface area (Å²) in [6, 6.07) is 6.20. The van der Waals surface area contributed by atoms with Crippen LogP contribution in [0.5, 0.6) is 11.5 Å². The zero-order valence-electron chi connectivity index (χ0n) is 18.3. The van der Waals surface area contributed by atoms with Crippen LogP contribution in [-0.4, -0.2) is 74.0 Å². The van der Waals surface area contributed by atoms with E-state index >= 15 is 0 Å². The molecule has 2 fully saturated rings. The molecule has 1 N–H and O–H groups in total. The van der Waals surface area contributed by atoms with Crippen LogP contribution in [0, 0.1) is 6.92 Å². The lowest BCUT2D eigenvalue weighted by atomic mass is 10.2. The standard InChI is InChI=1S/C22H23N7O4/c1-14-19(33-17-5-6-23-18(9-17)15-10-24-27(2)11-15)3-4-20(25-14)26-21(30)29-8-7-28(22(29)31)16-12-32-13-16/h3-6,9-11,16H,7-8,12-13H2,1-2H3,(H,25,26,30). The topological polar surface area (TPSA) is 115 Å². The summed E-state index contributed by atoms with van der Waals surface area (Å²) in [6.45, 7) is 3.66. The van der Waals surface area contributed by atoms with E-state index in [1.54, 1.807) is 47.1 Å². The van der Waals surface area contributed by atoms with Crippen molar-refractivity contribution < 1.29 is 19.1 Å². The van der Waals surface area contributed by atoms with Crippen LogP contribution in [0.1, 0.15) is 5.69 Å². The summed E-state index contributed by atoms with van der Waals surface area (Å²) in [7, 11) is 1.85. The van der Waals surface area contributed by atoms with E-state index in [0.29, 0.717) is 49.3 Å². The van der Waals surface area contributed by atoms with Gasteiger partial charge in [0.15, 0.2) is 0 Å². The fraction of sp³-hybridized carbons (Fsp3) is 0.318. The third-order valence-electron chi connectivity index (χ3n) is 5.58. The number of carbonyl (C=O) groups excluding carboxylic acids is 2. The number of pyridine rings is 2. The monoisotopic (exact) mass is 449 g/mol. The highest BCUT2D eigenvalue weighted by molar-refractivity contribution is 6.01. The summed E-state index contributed by atoms with van der Waals surface area (Å²) in [4.78, 5) is 36.8. The SMILES string of the molecule is Cc1nc(NC(=O)N2CCN(C3COC3)C2=O)ccc1Oc1ccnc(-c2cnn(C)c2)c1. The molecule has 2 aliphatic rings. The van der Waals surface area contributed by atoms with Gasteiger partial charge in [-0.3, -0.25) is 15.0 Å². The second-order valence-corrected chi connectivity index (χ2v) is 7.91. The van der Waals surface area contributed by atoms with Crippen LogP contribution in [0.25, 0.3) is 11.3 Å². The number of nitrogens with one attached hydrogen (secondary N) is 1. The van der Waals surface area contributed by atoms with Crippen LogP contribution in [0.2, 0.25) is 0 Å². The highest BCUT2D eigenvalue weighted by atomic mass is 16.5. The van der Waals surface area contributed by atoms with Gasteiger partial charge in [0.1, 0.15) is 17.3 Å². The van der Waals surface area contributed by atoms with Gasteiger partial charge in [0.25, 0.3) is 0 Å². The molecule has 170 valence electrons. The molecule has 0 radical (unpaired) electrons. The molecule has 2 saturated heterocycles. The second-order valence-electron chi connectivity index (χ2n) is 7.91. The summed E-state index contributed by atoms with van der Waals surface area (Å²) in [5, 5.41) is 6.86. The minimum Gasteiger partial charge on any atom is -0.455 e. The van der Waals surface area contributed by atoms with Crippen LogP contribution < -0.4 is 10.1 Å². The molecular weight excluding hydrogens is 426 g/mol. The van der Waals surface area contributed by atoms with Crippen molar-refractivity contribution in [3.63, 3.8) is 0 Å². The molecule has 0 aliphatic carbocycles. The van der Waals surface area contributed by atoms with E-state index in [9.17, 15) is 9.59 Å². The maximum absolute atomic E-state index is 12.6. The van der Waals surface area contributed by atoms with Gasteiger partial charge in [0, 0.05) is 44.2 Å². The molecule has 0 atom stereocenters. The molecule has 4 amide bonds. The first-order valence-electron chi connectivity index (χ1n) is 10.6. The van der Waals surface area contributed by atoms with Crippen molar-refractivity contribution in [2.45, 2.75) is 13.0 Å². The second kappa shape index (κ2) is 8.51. The van der Waals surface area contributed by atoms with E-state index in [0.717, 1.165) is 11.3 Å². The molecule has 33 heavy (non-hydrogen) atoms. The fourth-order valence-electron chi connectivity index (χ4n) is 3.70. The lowest BCUT2D eigenvalue weighted by Crippen LogP contribution is -2.51. The van der Waals surface area contributed by atoms with Gasteiger partial charge >= 0.3 is 12.1 Å². The molecule has 0 aromatic carbocycles. The molecule has 11 heteroatoms.